The van der Waals surface area contributed by atoms with E-state index in [-0.39, 0.29) is 5.91 Å². The van der Waals surface area contributed by atoms with Gasteiger partial charge in [-0.3, -0.25) is 9.69 Å². The number of nitrogens with zero attached hydrogens (tertiary/aromatic N) is 3. The molecule has 5 nitrogen and oxygen atoms in total. The molecule has 6 heteroatoms. The quantitative estimate of drug-likeness (QED) is 0.852. The molecule has 0 aliphatic carbocycles. The lowest BCUT2D eigenvalue weighted by atomic mass is 9.99. The lowest BCUT2D eigenvalue weighted by Gasteiger charge is -2.30. The molecule has 22 heavy (non-hydrogen) atoms. The van der Waals surface area contributed by atoms with E-state index in [0.717, 1.165) is 45.1 Å². The van der Waals surface area contributed by atoms with Gasteiger partial charge < -0.3 is 9.64 Å². The molecule has 3 aliphatic rings. The Morgan fingerprint density at radius 1 is 1.23 bits per heavy atom. The van der Waals surface area contributed by atoms with Crippen molar-refractivity contribution in [2.24, 2.45) is 5.92 Å². The number of hydrogen-bond acceptors (Lipinski definition) is 5. The lowest BCUT2D eigenvalue weighted by Crippen LogP contribution is -2.41. The van der Waals surface area contributed by atoms with Crippen LogP contribution in [0.4, 0.5) is 0 Å². The molecule has 0 N–H and O–H groups in total. The van der Waals surface area contributed by atoms with Crippen LogP contribution in [0.15, 0.2) is 10.9 Å². The van der Waals surface area contributed by atoms with Gasteiger partial charge in [-0.2, -0.15) is 0 Å². The second kappa shape index (κ2) is 6.26. The van der Waals surface area contributed by atoms with E-state index in [9.17, 15) is 4.79 Å². The van der Waals surface area contributed by atoms with Crippen molar-refractivity contribution in [2.45, 2.75) is 37.8 Å². The fraction of sp³-hybridized carbons (Fsp3) is 0.750. The van der Waals surface area contributed by atoms with E-state index < -0.39 is 0 Å². The first-order chi connectivity index (χ1) is 10.8. The molecule has 4 rings (SSSR count). The fourth-order valence-electron chi connectivity index (χ4n) is 4.28. The maximum atomic E-state index is 12.6. The molecule has 2 atom stereocenters. The van der Waals surface area contributed by atoms with Crippen LogP contribution in [0.1, 0.15) is 36.2 Å². The minimum absolute atomic E-state index is 0.127. The third-order valence-electron chi connectivity index (χ3n) is 5.44. The number of aromatic nitrogens is 1. The molecule has 1 aromatic heterocycles. The Morgan fingerprint density at radius 2 is 2.05 bits per heavy atom. The minimum atomic E-state index is 0.127. The average molecular weight is 321 g/mol. The summed E-state index contributed by atoms with van der Waals surface area (Å²) in [6.45, 7) is 5.04. The number of rotatable bonds is 3. The third kappa shape index (κ3) is 2.68. The number of hydrogen-bond donors (Lipinski definition) is 0. The molecule has 120 valence electrons. The minimum Gasteiger partial charge on any atom is -0.381 e. The Labute approximate surface area is 135 Å². The van der Waals surface area contributed by atoms with Crippen LogP contribution in [-0.2, 0) is 4.74 Å². The van der Waals surface area contributed by atoms with Crippen molar-refractivity contribution in [2.75, 3.05) is 32.8 Å². The van der Waals surface area contributed by atoms with Gasteiger partial charge in [0, 0.05) is 50.3 Å². The summed E-state index contributed by atoms with van der Waals surface area (Å²) in [5, 5.41) is 1.87. The Kier molecular flexibility index (Phi) is 4.15. The van der Waals surface area contributed by atoms with Gasteiger partial charge in [0.2, 0.25) is 0 Å². The number of ether oxygens (including phenoxy) is 1. The number of thiazole rings is 1. The Balaban J connectivity index is 1.39. The van der Waals surface area contributed by atoms with Gasteiger partial charge >= 0.3 is 0 Å². The molecular formula is C16H23N3O2S. The molecule has 0 saturated carbocycles. The molecule has 1 amide bonds. The summed E-state index contributed by atoms with van der Waals surface area (Å²) in [5.41, 5.74) is 2.36. The molecule has 0 bridgehead atoms. The Morgan fingerprint density at radius 3 is 2.82 bits per heavy atom. The highest BCUT2D eigenvalue weighted by Crippen LogP contribution is 2.34. The predicted molar refractivity (Wildman–Crippen MR) is 85.1 cm³/mol. The van der Waals surface area contributed by atoms with Crippen LogP contribution in [0.3, 0.4) is 0 Å². The second-order valence-corrected chi connectivity index (χ2v) is 7.35. The van der Waals surface area contributed by atoms with Gasteiger partial charge in [-0.15, -0.1) is 11.3 Å². The third-order valence-corrected chi connectivity index (χ3v) is 6.02. The van der Waals surface area contributed by atoms with Crippen LogP contribution in [0, 0.1) is 5.92 Å². The average Bonchev–Trinajstić information content (AvgIpc) is 3.26. The van der Waals surface area contributed by atoms with E-state index in [2.05, 4.69) is 14.8 Å². The highest BCUT2D eigenvalue weighted by atomic mass is 32.1. The SMILES string of the molecule is O=C(c1cscn1)N1CC[C@@H]2[C@@H]1CCN2CC1CCOCC1. The van der Waals surface area contributed by atoms with E-state index >= 15 is 0 Å². The van der Waals surface area contributed by atoms with E-state index in [0.29, 0.717) is 17.8 Å². The topological polar surface area (TPSA) is 45.7 Å². The number of likely N-dealkylation sites (tertiary alicyclic amines) is 2. The molecular weight excluding hydrogens is 298 g/mol. The van der Waals surface area contributed by atoms with Gasteiger partial charge in [-0.1, -0.05) is 0 Å². The lowest BCUT2D eigenvalue weighted by molar-refractivity contribution is 0.0502. The molecule has 0 radical (unpaired) electrons. The summed E-state index contributed by atoms with van der Waals surface area (Å²) >= 11 is 1.49. The Hall–Kier alpha value is -0.980. The van der Waals surface area contributed by atoms with Gasteiger partial charge in [0.1, 0.15) is 5.69 Å². The van der Waals surface area contributed by atoms with Crippen LogP contribution in [-0.4, -0.2) is 65.6 Å². The molecule has 4 heterocycles. The number of fused-ring (bicyclic) bond motifs is 1. The van der Waals surface area contributed by atoms with E-state index in [1.165, 1.54) is 30.7 Å². The predicted octanol–water partition coefficient (Wildman–Crippen LogP) is 1.86. The van der Waals surface area contributed by atoms with Crippen molar-refractivity contribution in [1.82, 2.24) is 14.8 Å². The van der Waals surface area contributed by atoms with Crippen molar-refractivity contribution in [3.8, 4) is 0 Å². The largest absolute Gasteiger partial charge is 0.381 e. The summed E-state index contributed by atoms with van der Waals surface area (Å²) in [4.78, 5) is 21.5. The monoisotopic (exact) mass is 321 g/mol. The second-order valence-electron chi connectivity index (χ2n) is 6.63. The van der Waals surface area contributed by atoms with Gasteiger partial charge in [0.15, 0.2) is 0 Å². The molecule has 3 fully saturated rings. The highest BCUT2D eigenvalue weighted by molar-refractivity contribution is 7.07. The molecule has 0 unspecified atom stereocenters. The Bertz CT molecular complexity index is 515. The molecule has 0 spiro atoms. The van der Waals surface area contributed by atoms with Crippen LogP contribution in [0.25, 0.3) is 0 Å². The van der Waals surface area contributed by atoms with Crippen molar-refractivity contribution >= 4 is 17.2 Å². The zero-order valence-electron chi connectivity index (χ0n) is 12.8. The van der Waals surface area contributed by atoms with Gasteiger partial charge in [-0.25, -0.2) is 4.98 Å². The molecule has 3 saturated heterocycles. The highest BCUT2D eigenvalue weighted by Gasteiger charge is 2.45. The van der Waals surface area contributed by atoms with E-state index in [4.69, 9.17) is 4.74 Å². The summed E-state index contributed by atoms with van der Waals surface area (Å²) in [7, 11) is 0. The van der Waals surface area contributed by atoms with Crippen molar-refractivity contribution < 1.29 is 9.53 Å². The van der Waals surface area contributed by atoms with E-state index in [1.54, 1.807) is 5.51 Å². The molecule has 0 aromatic carbocycles. The van der Waals surface area contributed by atoms with Crippen molar-refractivity contribution in [3.63, 3.8) is 0 Å². The number of carbonyl (C=O) groups excluding carboxylic acids is 1. The van der Waals surface area contributed by atoms with Gasteiger partial charge in [0.25, 0.3) is 5.91 Å². The van der Waals surface area contributed by atoms with Crippen LogP contribution in [0.2, 0.25) is 0 Å². The summed E-state index contributed by atoms with van der Waals surface area (Å²) in [6.07, 6.45) is 4.61. The first-order valence-corrected chi connectivity index (χ1v) is 9.28. The van der Waals surface area contributed by atoms with Crippen LogP contribution >= 0.6 is 11.3 Å². The zero-order chi connectivity index (χ0) is 14.9. The smallest absolute Gasteiger partial charge is 0.273 e. The maximum absolute atomic E-state index is 12.6. The summed E-state index contributed by atoms with van der Waals surface area (Å²) in [6, 6.07) is 0.958. The van der Waals surface area contributed by atoms with Gasteiger partial charge in [-0.05, 0) is 31.6 Å². The standard InChI is InChI=1S/C16H23N3O2S/c20-16(13-10-22-11-17-13)19-6-2-14-15(19)1-5-18(14)9-12-3-7-21-8-4-12/h10-12,14-15H,1-9H2/t14-,15+/m1/s1. The summed E-state index contributed by atoms with van der Waals surface area (Å²) in [5.74, 6) is 0.900. The van der Waals surface area contributed by atoms with Crippen LogP contribution in [0.5, 0.6) is 0 Å². The van der Waals surface area contributed by atoms with Crippen molar-refractivity contribution in [3.05, 3.63) is 16.6 Å². The molecule has 1 aromatic rings. The maximum Gasteiger partial charge on any atom is 0.273 e. The molecule has 3 aliphatic heterocycles. The first kappa shape index (κ1) is 14.6. The number of amides is 1. The zero-order valence-corrected chi connectivity index (χ0v) is 13.6. The summed E-state index contributed by atoms with van der Waals surface area (Å²) < 4.78 is 5.46. The van der Waals surface area contributed by atoms with Crippen molar-refractivity contribution in [1.29, 1.82) is 0 Å². The normalized spacial score (nSPS) is 29.9. The van der Waals surface area contributed by atoms with Gasteiger partial charge in [0.05, 0.1) is 5.51 Å². The first-order valence-electron chi connectivity index (χ1n) is 8.34. The van der Waals surface area contributed by atoms with E-state index in [1.807, 2.05) is 5.38 Å². The fourth-order valence-corrected chi connectivity index (χ4v) is 4.81. The van der Waals surface area contributed by atoms with Crippen LogP contribution < -0.4 is 0 Å². The number of carbonyl (C=O) groups is 1.